The molecule has 14 heavy (non-hydrogen) atoms. The number of nitrogens with two attached hydrogens (primary N) is 1. The maximum absolute atomic E-state index is 11.7. The van der Waals surface area contributed by atoms with Crippen molar-refractivity contribution in [2.75, 3.05) is 19.0 Å². The van der Waals surface area contributed by atoms with Crippen molar-refractivity contribution < 1.29 is 13.2 Å². The zero-order valence-corrected chi connectivity index (χ0v) is 9.42. The predicted molar refractivity (Wildman–Crippen MR) is 55.9 cm³/mol. The molecule has 0 aromatic carbocycles. The van der Waals surface area contributed by atoms with Gasteiger partial charge in [-0.05, 0) is 19.8 Å². The van der Waals surface area contributed by atoms with E-state index in [1.807, 2.05) is 6.92 Å². The molecule has 1 saturated heterocycles. The van der Waals surface area contributed by atoms with Crippen molar-refractivity contribution in [3.63, 3.8) is 0 Å². The van der Waals surface area contributed by atoms with E-state index in [-0.39, 0.29) is 17.0 Å². The maximum atomic E-state index is 11.7. The Kier molecular flexibility index (Phi) is 4.34. The van der Waals surface area contributed by atoms with Crippen LogP contribution in [0.5, 0.6) is 0 Å². The summed E-state index contributed by atoms with van der Waals surface area (Å²) in [7, 11) is -2.96. The molecule has 1 rings (SSSR count). The summed E-state index contributed by atoms with van der Waals surface area (Å²) in [6, 6.07) is -0.361. The molecule has 5 heteroatoms. The minimum Gasteiger partial charge on any atom is -0.380 e. The van der Waals surface area contributed by atoms with E-state index in [1.165, 1.54) is 0 Å². The molecule has 0 amide bonds. The van der Waals surface area contributed by atoms with Crippen LogP contribution < -0.4 is 5.73 Å². The summed E-state index contributed by atoms with van der Waals surface area (Å²) in [5.41, 5.74) is 5.81. The third-order valence-electron chi connectivity index (χ3n) is 2.62. The highest BCUT2D eigenvalue weighted by Gasteiger charge is 2.33. The lowest BCUT2D eigenvalue weighted by Gasteiger charge is -2.27. The van der Waals surface area contributed by atoms with Gasteiger partial charge in [0.2, 0.25) is 0 Å². The average Bonchev–Trinajstić information content (AvgIpc) is 2.13. The second-order valence-electron chi connectivity index (χ2n) is 3.72. The minimum atomic E-state index is -2.96. The van der Waals surface area contributed by atoms with Crippen LogP contribution in [0.4, 0.5) is 0 Å². The van der Waals surface area contributed by atoms with Gasteiger partial charge in [-0.15, -0.1) is 0 Å². The first-order valence-electron chi connectivity index (χ1n) is 5.13. The molecule has 84 valence electrons. The lowest BCUT2D eigenvalue weighted by atomic mass is 10.1. The molecule has 0 spiro atoms. The van der Waals surface area contributed by atoms with Gasteiger partial charge >= 0.3 is 0 Å². The van der Waals surface area contributed by atoms with Gasteiger partial charge < -0.3 is 10.5 Å². The number of rotatable bonds is 4. The lowest BCUT2D eigenvalue weighted by molar-refractivity contribution is 0.130. The Hall–Kier alpha value is -0.130. The highest BCUT2D eigenvalue weighted by molar-refractivity contribution is 7.92. The van der Waals surface area contributed by atoms with E-state index in [0.717, 1.165) is 12.8 Å². The molecule has 1 aliphatic rings. The summed E-state index contributed by atoms with van der Waals surface area (Å²) in [5.74, 6) is 0.289. The van der Waals surface area contributed by atoms with Crippen LogP contribution in [0, 0.1) is 0 Å². The Bertz CT molecular complexity index is 263. The SMILES string of the molecule is CCOCC(N)C1CCCCS1(=O)=O. The summed E-state index contributed by atoms with van der Waals surface area (Å²) in [6.45, 7) is 2.81. The van der Waals surface area contributed by atoms with Crippen LogP contribution in [0.2, 0.25) is 0 Å². The van der Waals surface area contributed by atoms with E-state index < -0.39 is 9.84 Å². The molecule has 1 heterocycles. The van der Waals surface area contributed by atoms with Crippen molar-refractivity contribution in [3.8, 4) is 0 Å². The van der Waals surface area contributed by atoms with Gasteiger partial charge in [-0.1, -0.05) is 6.42 Å². The summed E-state index contributed by atoms with van der Waals surface area (Å²) in [6.07, 6.45) is 2.43. The largest absolute Gasteiger partial charge is 0.380 e. The highest BCUT2D eigenvalue weighted by Crippen LogP contribution is 2.21. The van der Waals surface area contributed by atoms with Crippen molar-refractivity contribution in [1.29, 1.82) is 0 Å². The molecular formula is C9H19NO3S. The van der Waals surface area contributed by atoms with Crippen LogP contribution in [0.15, 0.2) is 0 Å². The van der Waals surface area contributed by atoms with E-state index in [2.05, 4.69) is 0 Å². The molecule has 0 aromatic rings. The van der Waals surface area contributed by atoms with Crippen molar-refractivity contribution >= 4 is 9.84 Å². The molecule has 2 N–H and O–H groups in total. The molecule has 0 saturated carbocycles. The Morgan fingerprint density at radius 1 is 1.50 bits per heavy atom. The molecule has 0 aromatic heterocycles. The van der Waals surface area contributed by atoms with Gasteiger partial charge in [-0.2, -0.15) is 0 Å². The normalized spacial score (nSPS) is 28.6. The fraction of sp³-hybridized carbons (Fsp3) is 1.00. The molecule has 0 aliphatic carbocycles. The number of ether oxygens (including phenoxy) is 1. The summed E-state index contributed by atoms with van der Waals surface area (Å²) >= 11 is 0. The Balaban J connectivity index is 2.56. The minimum absolute atomic E-state index is 0.289. The van der Waals surface area contributed by atoms with Crippen molar-refractivity contribution in [2.45, 2.75) is 37.5 Å². The first kappa shape index (κ1) is 11.9. The van der Waals surface area contributed by atoms with Crippen LogP contribution >= 0.6 is 0 Å². The number of hydrogen-bond acceptors (Lipinski definition) is 4. The number of hydrogen-bond donors (Lipinski definition) is 1. The second-order valence-corrected chi connectivity index (χ2v) is 6.06. The van der Waals surface area contributed by atoms with E-state index >= 15 is 0 Å². The van der Waals surface area contributed by atoms with Gasteiger partial charge in [0, 0.05) is 12.6 Å². The van der Waals surface area contributed by atoms with Gasteiger partial charge in [0.05, 0.1) is 17.6 Å². The van der Waals surface area contributed by atoms with Crippen molar-refractivity contribution in [3.05, 3.63) is 0 Å². The molecule has 1 fully saturated rings. The molecule has 0 bridgehead atoms. The number of sulfone groups is 1. The van der Waals surface area contributed by atoms with Crippen LogP contribution in [-0.2, 0) is 14.6 Å². The van der Waals surface area contributed by atoms with Gasteiger partial charge in [0.15, 0.2) is 9.84 Å². The summed E-state index contributed by atoms with van der Waals surface area (Å²) < 4.78 is 28.5. The topological polar surface area (TPSA) is 69.4 Å². The van der Waals surface area contributed by atoms with E-state index in [9.17, 15) is 8.42 Å². The maximum Gasteiger partial charge on any atom is 0.154 e. The molecule has 4 nitrogen and oxygen atoms in total. The van der Waals surface area contributed by atoms with Crippen LogP contribution in [-0.4, -0.2) is 38.7 Å². The first-order chi connectivity index (χ1) is 6.58. The molecular weight excluding hydrogens is 202 g/mol. The fourth-order valence-corrected chi connectivity index (χ4v) is 3.87. The predicted octanol–water partition coefficient (Wildman–Crippen LogP) is 0.317. The Labute approximate surface area is 85.7 Å². The van der Waals surface area contributed by atoms with E-state index in [0.29, 0.717) is 19.6 Å². The first-order valence-corrected chi connectivity index (χ1v) is 6.84. The quantitative estimate of drug-likeness (QED) is 0.742. The fourth-order valence-electron chi connectivity index (χ4n) is 1.82. The summed E-state index contributed by atoms with van der Waals surface area (Å²) in [4.78, 5) is 0. The monoisotopic (exact) mass is 221 g/mol. The average molecular weight is 221 g/mol. The third-order valence-corrected chi connectivity index (χ3v) is 4.99. The second kappa shape index (κ2) is 5.09. The van der Waals surface area contributed by atoms with Gasteiger partial charge in [0.25, 0.3) is 0 Å². The molecule has 2 unspecified atom stereocenters. The van der Waals surface area contributed by atoms with Crippen LogP contribution in [0.1, 0.15) is 26.2 Å². The van der Waals surface area contributed by atoms with Gasteiger partial charge in [0.1, 0.15) is 0 Å². The Morgan fingerprint density at radius 2 is 2.21 bits per heavy atom. The zero-order valence-electron chi connectivity index (χ0n) is 8.61. The molecule has 1 aliphatic heterocycles. The smallest absolute Gasteiger partial charge is 0.154 e. The van der Waals surface area contributed by atoms with Crippen molar-refractivity contribution in [2.24, 2.45) is 5.73 Å². The molecule has 2 atom stereocenters. The van der Waals surface area contributed by atoms with Gasteiger partial charge in [-0.25, -0.2) is 8.42 Å². The lowest BCUT2D eigenvalue weighted by Crippen LogP contribution is -2.46. The van der Waals surface area contributed by atoms with E-state index in [4.69, 9.17) is 10.5 Å². The van der Waals surface area contributed by atoms with Gasteiger partial charge in [-0.3, -0.25) is 0 Å². The van der Waals surface area contributed by atoms with Crippen molar-refractivity contribution in [1.82, 2.24) is 0 Å². The van der Waals surface area contributed by atoms with E-state index in [1.54, 1.807) is 0 Å². The highest BCUT2D eigenvalue weighted by atomic mass is 32.2. The van der Waals surface area contributed by atoms with Crippen LogP contribution in [0.25, 0.3) is 0 Å². The third kappa shape index (κ3) is 2.93. The van der Waals surface area contributed by atoms with Crippen LogP contribution in [0.3, 0.4) is 0 Å². The zero-order chi connectivity index (χ0) is 10.6. The Morgan fingerprint density at radius 3 is 2.79 bits per heavy atom. The summed E-state index contributed by atoms with van der Waals surface area (Å²) in [5, 5.41) is -0.386. The molecule has 0 radical (unpaired) electrons. The standard InChI is InChI=1S/C9H19NO3S/c1-2-13-7-8(10)9-5-3-4-6-14(9,11)12/h8-9H,2-7,10H2,1H3.